The van der Waals surface area contributed by atoms with Crippen molar-refractivity contribution >= 4 is 57.2 Å². The fourth-order valence-electron chi connectivity index (χ4n) is 3.33. The van der Waals surface area contributed by atoms with Gasteiger partial charge in [0.05, 0.1) is 17.7 Å². The average molecular weight is 524 g/mol. The number of nitrogens with zero attached hydrogens (tertiary/aromatic N) is 1. The number of nitrogens with one attached hydrogen (secondary N) is 1. The molecule has 0 bridgehead atoms. The van der Waals surface area contributed by atoms with Gasteiger partial charge in [0.1, 0.15) is 0 Å². The maximum atomic E-state index is 12.1. The van der Waals surface area contributed by atoms with E-state index in [1.807, 2.05) is 42.5 Å². The van der Waals surface area contributed by atoms with E-state index in [-0.39, 0.29) is 24.5 Å². The summed E-state index contributed by atoms with van der Waals surface area (Å²) in [5.41, 5.74) is 0.838. The van der Waals surface area contributed by atoms with Crippen molar-refractivity contribution in [1.82, 2.24) is 10.2 Å². The molecule has 2 amide bonds. The zero-order chi connectivity index (χ0) is 22.2. The number of carbonyl (C=O) groups is 2. The molecular weight excluding hydrogens is 500 g/mol. The van der Waals surface area contributed by atoms with Crippen molar-refractivity contribution in [1.29, 1.82) is 0 Å². The molecular formula is C23H24BrClN2O3S. The second kappa shape index (κ2) is 11.7. The standard InChI is InChI=1S/C23H24BrClN2O3S/c24-18-4-1-2-5-20(18)31-21-9-6-16(14-19(21)25)7-10-22(29)26-12-3-13-27-17(15-28)8-11-23(27)30/h1-2,4-7,9-10,14,17,28H,3,8,11-13,15H2,(H,26,29)/t17-/m0/s1. The number of likely N-dealkylation sites (tertiary alicyclic amines) is 1. The average Bonchev–Trinajstić information content (AvgIpc) is 3.12. The van der Waals surface area contributed by atoms with Crippen LogP contribution in [0.2, 0.25) is 5.02 Å². The van der Waals surface area contributed by atoms with Crippen molar-refractivity contribution in [3.8, 4) is 0 Å². The Bertz CT molecular complexity index is 970. The second-order valence-electron chi connectivity index (χ2n) is 7.16. The molecule has 31 heavy (non-hydrogen) atoms. The highest BCUT2D eigenvalue weighted by molar-refractivity contribution is 9.10. The highest BCUT2D eigenvalue weighted by atomic mass is 79.9. The van der Waals surface area contributed by atoms with Crippen LogP contribution in [0.15, 0.2) is 62.8 Å². The van der Waals surface area contributed by atoms with Crippen LogP contribution in [0.5, 0.6) is 0 Å². The van der Waals surface area contributed by atoms with Crippen molar-refractivity contribution in [2.75, 3.05) is 19.7 Å². The number of hydrogen-bond donors (Lipinski definition) is 2. The number of amides is 2. The number of aliphatic hydroxyl groups excluding tert-OH is 1. The minimum absolute atomic E-state index is 0.0106. The number of hydrogen-bond acceptors (Lipinski definition) is 4. The Morgan fingerprint density at radius 2 is 2.10 bits per heavy atom. The molecule has 5 nitrogen and oxygen atoms in total. The molecule has 1 aliphatic rings. The first kappa shape index (κ1) is 23.9. The molecule has 1 saturated heterocycles. The number of rotatable bonds is 9. The minimum Gasteiger partial charge on any atom is -0.394 e. The molecule has 0 radical (unpaired) electrons. The predicted molar refractivity (Wildman–Crippen MR) is 128 cm³/mol. The quantitative estimate of drug-likeness (QED) is 0.367. The van der Waals surface area contributed by atoms with Gasteiger partial charge in [-0.25, -0.2) is 0 Å². The molecule has 0 unspecified atom stereocenters. The summed E-state index contributed by atoms with van der Waals surface area (Å²) in [6.45, 7) is 0.997. The first-order chi connectivity index (χ1) is 15.0. The Hall–Kier alpha value is -1.80. The smallest absolute Gasteiger partial charge is 0.244 e. The van der Waals surface area contributed by atoms with Crippen molar-refractivity contribution in [2.45, 2.75) is 35.1 Å². The molecule has 0 aromatic heterocycles. The summed E-state index contributed by atoms with van der Waals surface area (Å²) in [4.78, 5) is 27.6. The topological polar surface area (TPSA) is 69.6 Å². The lowest BCUT2D eigenvalue weighted by molar-refractivity contribution is -0.129. The van der Waals surface area contributed by atoms with E-state index in [2.05, 4.69) is 21.2 Å². The molecule has 2 aromatic rings. The first-order valence-corrected chi connectivity index (χ1v) is 12.0. The molecule has 1 aliphatic heterocycles. The molecule has 1 fully saturated rings. The Balaban J connectivity index is 1.46. The van der Waals surface area contributed by atoms with Crippen LogP contribution in [0.4, 0.5) is 0 Å². The SMILES string of the molecule is O=C(C=Cc1ccc(Sc2ccccc2Br)c(Cl)c1)NCCCN1C(=O)CC[C@H]1CO. The summed E-state index contributed by atoms with van der Waals surface area (Å²) in [5.74, 6) is -0.127. The summed E-state index contributed by atoms with van der Waals surface area (Å²) < 4.78 is 1.01. The molecule has 8 heteroatoms. The van der Waals surface area contributed by atoms with Gasteiger partial charge in [0, 0.05) is 39.9 Å². The lowest BCUT2D eigenvalue weighted by Gasteiger charge is -2.22. The van der Waals surface area contributed by atoms with Crippen molar-refractivity contribution < 1.29 is 14.7 Å². The van der Waals surface area contributed by atoms with E-state index in [4.69, 9.17) is 11.6 Å². The lowest BCUT2D eigenvalue weighted by Crippen LogP contribution is -2.37. The molecule has 2 aromatic carbocycles. The Labute approximate surface area is 200 Å². The third-order valence-corrected chi connectivity index (χ3v) is 7.51. The van der Waals surface area contributed by atoms with Crippen LogP contribution in [0.1, 0.15) is 24.8 Å². The van der Waals surface area contributed by atoms with Gasteiger partial charge in [-0.3, -0.25) is 9.59 Å². The highest BCUT2D eigenvalue weighted by Crippen LogP contribution is 2.37. The van der Waals surface area contributed by atoms with Crippen molar-refractivity contribution in [2.24, 2.45) is 0 Å². The van der Waals surface area contributed by atoms with Gasteiger partial charge in [0.2, 0.25) is 11.8 Å². The predicted octanol–water partition coefficient (Wildman–Crippen LogP) is 4.76. The molecule has 0 aliphatic carbocycles. The van der Waals surface area contributed by atoms with E-state index >= 15 is 0 Å². The van der Waals surface area contributed by atoms with Gasteiger partial charge in [-0.05, 0) is 64.7 Å². The van der Waals surface area contributed by atoms with E-state index in [9.17, 15) is 14.7 Å². The van der Waals surface area contributed by atoms with Gasteiger partial charge in [-0.1, -0.05) is 41.6 Å². The van der Waals surface area contributed by atoms with Crippen LogP contribution < -0.4 is 5.32 Å². The third-order valence-electron chi connectivity index (χ3n) is 4.98. The molecule has 2 N–H and O–H groups in total. The molecule has 0 spiro atoms. The van der Waals surface area contributed by atoms with Crippen LogP contribution in [0, 0.1) is 0 Å². The fraction of sp³-hybridized carbons (Fsp3) is 0.304. The van der Waals surface area contributed by atoms with E-state index in [0.717, 1.165) is 19.8 Å². The van der Waals surface area contributed by atoms with E-state index in [1.165, 1.54) is 6.08 Å². The maximum absolute atomic E-state index is 12.1. The summed E-state index contributed by atoms with van der Waals surface area (Å²) >= 11 is 11.5. The van der Waals surface area contributed by atoms with Crippen LogP contribution in [-0.2, 0) is 9.59 Å². The highest BCUT2D eigenvalue weighted by Gasteiger charge is 2.29. The lowest BCUT2D eigenvalue weighted by atomic mass is 10.2. The normalized spacial score (nSPS) is 16.3. The first-order valence-electron chi connectivity index (χ1n) is 10.1. The van der Waals surface area contributed by atoms with Crippen molar-refractivity contribution in [3.63, 3.8) is 0 Å². The molecule has 0 saturated carbocycles. The van der Waals surface area contributed by atoms with E-state index in [0.29, 0.717) is 37.4 Å². The zero-order valence-electron chi connectivity index (χ0n) is 16.9. The monoisotopic (exact) mass is 522 g/mol. The van der Waals surface area contributed by atoms with E-state index < -0.39 is 0 Å². The number of benzene rings is 2. The van der Waals surface area contributed by atoms with Crippen LogP contribution in [-0.4, -0.2) is 47.6 Å². The summed E-state index contributed by atoms with van der Waals surface area (Å²) in [7, 11) is 0. The molecule has 164 valence electrons. The molecule has 3 rings (SSSR count). The summed E-state index contributed by atoms with van der Waals surface area (Å²) in [6.07, 6.45) is 5.04. The maximum Gasteiger partial charge on any atom is 0.244 e. The van der Waals surface area contributed by atoms with Crippen LogP contribution >= 0.6 is 39.3 Å². The second-order valence-corrected chi connectivity index (χ2v) is 9.51. The van der Waals surface area contributed by atoms with Gasteiger partial charge in [-0.15, -0.1) is 0 Å². The van der Waals surface area contributed by atoms with Crippen LogP contribution in [0.3, 0.4) is 0 Å². The third kappa shape index (κ3) is 6.84. The summed E-state index contributed by atoms with van der Waals surface area (Å²) in [5, 5.41) is 12.8. The Morgan fingerprint density at radius 3 is 2.84 bits per heavy atom. The van der Waals surface area contributed by atoms with Crippen LogP contribution in [0.25, 0.3) is 6.08 Å². The fourth-order valence-corrected chi connectivity index (χ4v) is 5.01. The van der Waals surface area contributed by atoms with Gasteiger partial charge in [-0.2, -0.15) is 0 Å². The van der Waals surface area contributed by atoms with Gasteiger partial charge in [0.15, 0.2) is 0 Å². The Kier molecular flexibility index (Phi) is 9.02. The van der Waals surface area contributed by atoms with Gasteiger partial charge < -0.3 is 15.3 Å². The van der Waals surface area contributed by atoms with Gasteiger partial charge >= 0.3 is 0 Å². The van der Waals surface area contributed by atoms with Crippen molar-refractivity contribution in [3.05, 3.63) is 63.6 Å². The largest absolute Gasteiger partial charge is 0.394 e. The molecule has 1 atom stereocenters. The van der Waals surface area contributed by atoms with Gasteiger partial charge in [0.25, 0.3) is 0 Å². The Morgan fingerprint density at radius 1 is 1.29 bits per heavy atom. The molecule has 1 heterocycles. The van der Waals surface area contributed by atoms with E-state index in [1.54, 1.807) is 22.7 Å². The number of halogens is 2. The summed E-state index contributed by atoms with van der Waals surface area (Å²) in [6, 6.07) is 13.6. The minimum atomic E-state index is -0.200. The zero-order valence-corrected chi connectivity index (χ0v) is 20.0. The number of aliphatic hydroxyl groups is 1. The number of carbonyl (C=O) groups excluding carboxylic acids is 2.